The number of rotatable bonds is 18. The van der Waals surface area contributed by atoms with Crippen LogP contribution in [0.25, 0.3) is 0 Å². The molecular weight excluding hydrogens is 635 g/mol. The maximum Gasteiger partial charge on any atom is 0.246 e. The zero-order chi connectivity index (χ0) is 34.2. The standard InChI is InChI=1S/C30H45N7O7S2/c1-18(2)26(29(43)35-22(27(31)41)14-45-16-32-19(3)38)36-28(42)24-11-8-12-37(24)30(44)23(34-20(4)39)15-46-17-33-25(40)13-21-9-6-5-7-10-21/h5-7,9-10,18,22-24,26H,8,11-17H2,1-4H3,(H2,31,41)(H,32,38)(H,33,40)(H,34,39)(H,35,43)(H,36,42)/t22-,23-,24-,26+/m0/s1. The van der Waals surface area contributed by atoms with Crippen molar-refractivity contribution in [3.63, 3.8) is 0 Å². The summed E-state index contributed by atoms with van der Waals surface area (Å²) >= 11 is 2.47. The summed E-state index contributed by atoms with van der Waals surface area (Å²) in [5.41, 5.74) is 6.34. The predicted molar refractivity (Wildman–Crippen MR) is 177 cm³/mol. The zero-order valence-corrected chi connectivity index (χ0v) is 28.3. The van der Waals surface area contributed by atoms with Gasteiger partial charge in [0.1, 0.15) is 24.2 Å². The maximum absolute atomic E-state index is 13.6. The van der Waals surface area contributed by atoms with Crippen molar-refractivity contribution < 1.29 is 33.6 Å². The average Bonchev–Trinajstić information content (AvgIpc) is 3.48. The van der Waals surface area contributed by atoms with E-state index in [1.807, 2.05) is 30.3 Å². The smallest absolute Gasteiger partial charge is 0.246 e. The molecule has 1 aromatic carbocycles. The number of primary amides is 1. The van der Waals surface area contributed by atoms with Crippen LogP contribution in [0.1, 0.15) is 46.1 Å². The highest BCUT2D eigenvalue weighted by Gasteiger charge is 2.39. The minimum Gasteiger partial charge on any atom is -0.368 e. The van der Waals surface area contributed by atoms with Gasteiger partial charge in [0.15, 0.2) is 0 Å². The van der Waals surface area contributed by atoms with Crippen LogP contribution in [0.4, 0.5) is 0 Å². The molecule has 0 bridgehead atoms. The molecule has 16 heteroatoms. The Morgan fingerprint density at radius 2 is 1.50 bits per heavy atom. The number of benzene rings is 1. The van der Waals surface area contributed by atoms with Crippen LogP contribution < -0.4 is 32.3 Å². The molecule has 1 saturated heterocycles. The number of hydrogen-bond donors (Lipinski definition) is 6. The minimum absolute atomic E-state index is 0.115. The summed E-state index contributed by atoms with van der Waals surface area (Å²) in [6, 6.07) is 5.42. The van der Waals surface area contributed by atoms with E-state index in [-0.39, 0.29) is 47.4 Å². The third-order valence-corrected chi connectivity index (χ3v) is 8.83. The van der Waals surface area contributed by atoms with E-state index in [0.29, 0.717) is 19.4 Å². The maximum atomic E-state index is 13.6. The van der Waals surface area contributed by atoms with Crippen LogP contribution in [-0.4, -0.2) is 100 Å². The summed E-state index contributed by atoms with van der Waals surface area (Å²) in [5, 5.41) is 13.3. The number of amides is 7. The highest BCUT2D eigenvalue weighted by molar-refractivity contribution is 7.99. The molecule has 0 aliphatic carbocycles. The first kappa shape index (κ1) is 38.4. The van der Waals surface area contributed by atoms with Gasteiger partial charge in [-0.1, -0.05) is 44.2 Å². The van der Waals surface area contributed by atoms with Gasteiger partial charge in [0, 0.05) is 31.9 Å². The van der Waals surface area contributed by atoms with E-state index in [1.165, 1.54) is 42.3 Å². The molecule has 1 fully saturated rings. The van der Waals surface area contributed by atoms with Gasteiger partial charge in [0.05, 0.1) is 18.2 Å². The lowest BCUT2D eigenvalue weighted by atomic mass is 10.0. The Bertz CT molecular complexity index is 1240. The van der Waals surface area contributed by atoms with Crippen LogP contribution in [0.3, 0.4) is 0 Å². The first-order valence-electron chi connectivity index (χ1n) is 15.0. The van der Waals surface area contributed by atoms with E-state index in [9.17, 15) is 33.6 Å². The molecule has 254 valence electrons. The molecule has 7 amide bonds. The van der Waals surface area contributed by atoms with E-state index >= 15 is 0 Å². The van der Waals surface area contributed by atoms with Gasteiger partial charge in [-0.2, -0.15) is 0 Å². The second-order valence-electron chi connectivity index (χ2n) is 11.2. The summed E-state index contributed by atoms with van der Waals surface area (Å²) < 4.78 is 0. The number of hydrogen-bond acceptors (Lipinski definition) is 9. The third-order valence-electron chi connectivity index (χ3n) is 6.99. The van der Waals surface area contributed by atoms with Crippen molar-refractivity contribution in [2.45, 2.75) is 71.1 Å². The second-order valence-corrected chi connectivity index (χ2v) is 13.2. The molecule has 0 unspecified atom stereocenters. The van der Waals surface area contributed by atoms with Crippen LogP contribution in [0.2, 0.25) is 0 Å². The third kappa shape index (κ3) is 13.3. The Balaban J connectivity index is 1.99. The second kappa shape index (κ2) is 19.7. The van der Waals surface area contributed by atoms with E-state index in [0.717, 1.165) is 5.56 Å². The van der Waals surface area contributed by atoms with Gasteiger partial charge >= 0.3 is 0 Å². The van der Waals surface area contributed by atoms with Crippen molar-refractivity contribution in [3.8, 4) is 0 Å². The number of nitrogens with zero attached hydrogens (tertiary/aromatic N) is 1. The SMILES string of the molecule is CC(=O)NCSC[C@H](NC(=O)[C@H](NC(=O)[C@@H]1CCCN1C(=O)[C@H](CSCNC(=O)Cc1ccccc1)NC(C)=O)C(C)C)C(N)=O. The molecule has 2 rings (SSSR count). The summed E-state index contributed by atoms with van der Waals surface area (Å²) in [6.07, 6.45) is 1.13. The lowest BCUT2D eigenvalue weighted by Crippen LogP contribution is -2.59. The summed E-state index contributed by atoms with van der Waals surface area (Å²) in [6.45, 7) is 6.41. The van der Waals surface area contributed by atoms with E-state index in [4.69, 9.17) is 5.73 Å². The highest BCUT2D eigenvalue weighted by atomic mass is 32.2. The Labute approximate surface area is 277 Å². The fourth-order valence-electron chi connectivity index (χ4n) is 4.65. The average molecular weight is 680 g/mol. The van der Waals surface area contributed by atoms with Crippen LogP contribution in [0, 0.1) is 5.92 Å². The van der Waals surface area contributed by atoms with Gasteiger partial charge in [-0.3, -0.25) is 33.6 Å². The summed E-state index contributed by atoms with van der Waals surface area (Å²) in [5.74, 6) is -2.79. The van der Waals surface area contributed by atoms with Gasteiger partial charge in [0.2, 0.25) is 41.4 Å². The molecule has 1 aliphatic heterocycles. The van der Waals surface area contributed by atoms with Crippen molar-refractivity contribution in [2.24, 2.45) is 11.7 Å². The van der Waals surface area contributed by atoms with Crippen LogP contribution in [0.5, 0.6) is 0 Å². The molecule has 46 heavy (non-hydrogen) atoms. The van der Waals surface area contributed by atoms with Gasteiger partial charge in [-0.05, 0) is 24.3 Å². The van der Waals surface area contributed by atoms with Crippen LogP contribution in [-0.2, 0) is 40.0 Å². The molecule has 1 heterocycles. The molecule has 0 aromatic heterocycles. The van der Waals surface area contributed by atoms with Crippen LogP contribution in [0.15, 0.2) is 30.3 Å². The van der Waals surface area contributed by atoms with Crippen molar-refractivity contribution in [1.29, 1.82) is 0 Å². The van der Waals surface area contributed by atoms with E-state index < -0.39 is 53.7 Å². The first-order chi connectivity index (χ1) is 21.8. The molecule has 14 nitrogen and oxygen atoms in total. The number of nitrogens with two attached hydrogens (primary N) is 1. The number of nitrogens with one attached hydrogen (secondary N) is 5. The van der Waals surface area contributed by atoms with Crippen molar-refractivity contribution in [3.05, 3.63) is 35.9 Å². The summed E-state index contributed by atoms with van der Waals surface area (Å²) in [4.78, 5) is 88.8. The molecule has 1 aromatic rings. The molecule has 4 atom stereocenters. The monoisotopic (exact) mass is 679 g/mol. The van der Waals surface area contributed by atoms with Gasteiger partial charge < -0.3 is 37.2 Å². The number of carbonyl (C=O) groups is 7. The lowest BCUT2D eigenvalue weighted by Gasteiger charge is -2.30. The zero-order valence-electron chi connectivity index (χ0n) is 26.6. The lowest BCUT2D eigenvalue weighted by molar-refractivity contribution is -0.141. The fourth-order valence-corrected chi connectivity index (χ4v) is 6.39. The minimum atomic E-state index is -1.03. The molecule has 0 spiro atoms. The number of thioether (sulfide) groups is 2. The van der Waals surface area contributed by atoms with Crippen LogP contribution >= 0.6 is 23.5 Å². The van der Waals surface area contributed by atoms with E-state index in [2.05, 4.69) is 26.6 Å². The molecule has 0 radical (unpaired) electrons. The van der Waals surface area contributed by atoms with Crippen molar-refractivity contribution in [2.75, 3.05) is 29.8 Å². The number of carbonyl (C=O) groups excluding carboxylic acids is 7. The van der Waals surface area contributed by atoms with Gasteiger partial charge in [0.25, 0.3) is 0 Å². The van der Waals surface area contributed by atoms with Gasteiger partial charge in [-0.25, -0.2) is 0 Å². The highest BCUT2D eigenvalue weighted by Crippen LogP contribution is 2.20. The van der Waals surface area contributed by atoms with Gasteiger partial charge in [-0.15, -0.1) is 23.5 Å². The first-order valence-corrected chi connectivity index (χ1v) is 17.3. The fraction of sp³-hybridized carbons (Fsp3) is 0.567. The topological polar surface area (TPSA) is 209 Å². The Morgan fingerprint density at radius 1 is 0.870 bits per heavy atom. The van der Waals surface area contributed by atoms with Crippen molar-refractivity contribution in [1.82, 2.24) is 31.5 Å². The Kier molecular flexibility index (Phi) is 16.4. The van der Waals surface area contributed by atoms with E-state index in [1.54, 1.807) is 13.8 Å². The molecular formula is C30H45N7O7S2. The molecule has 1 aliphatic rings. The normalized spacial score (nSPS) is 16.1. The number of likely N-dealkylation sites (tertiary alicyclic amines) is 1. The Hall–Kier alpha value is -3.79. The van der Waals surface area contributed by atoms with Crippen molar-refractivity contribution >= 4 is 64.9 Å². The summed E-state index contributed by atoms with van der Waals surface area (Å²) in [7, 11) is 0. The predicted octanol–water partition coefficient (Wildman–Crippen LogP) is -0.531. The molecule has 0 saturated carbocycles. The molecule has 7 N–H and O–H groups in total. The largest absolute Gasteiger partial charge is 0.368 e. The quantitative estimate of drug-likeness (QED) is 0.0869. The Morgan fingerprint density at radius 3 is 2.09 bits per heavy atom.